The Bertz CT molecular complexity index is 1100. The normalized spacial score (nSPS) is 12.3. The Hall–Kier alpha value is -3.23. The molecule has 0 spiro atoms. The highest BCUT2D eigenvalue weighted by molar-refractivity contribution is 5.94. The predicted octanol–water partition coefficient (Wildman–Crippen LogP) is 0.772. The molecule has 0 unspecified atom stereocenters. The van der Waals surface area contributed by atoms with E-state index < -0.39 is 29.0 Å². The number of para-hydroxylation sites is 1. The van der Waals surface area contributed by atoms with Crippen LogP contribution in [0.5, 0.6) is 0 Å². The maximum Gasteiger partial charge on any atom is 0.332 e. The molecule has 9 heteroatoms. The van der Waals surface area contributed by atoms with Crippen molar-refractivity contribution >= 4 is 22.8 Å². The standard InChI is InChI=1S/C16H16FN5O3/c1-9(14(23)19-11-7-5-4-6-10(11)17)22-8-18-13-12(22)15(24)21(3)16(25)20(13)2/h4-9H,1-3H3,(H,19,23)/t9-/m1/s1. The number of nitrogens with zero attached hydrogens (tertiary/aromatic N) is 4. The molecule has 3 rings (SSSR count). The van der Waals surface area contributed by atoms with Crippen LogP contribution >= 0.6 is 0 Å². The number of rotatable bonds is 3. The van der Waals surface area contributed by atoms with Crippen molar-refractivity contribution in [2.75, 3.05) is 5.32 Å². The van der Waals surface area contributed by atoms with Crippen molar-refractivity contribution in [3.8, 4) is 0 Å². The number of nitrogens with one attached hydrogen (secondary N) is 1. The summed E-state index contributed by atoms with van der Waals surface area (Å²) >= 11 is 0. The zero-order chi connectivity index (χ0) is 18.3. The molecule has 0 radical (unpaired) electrons. The van der Waals surface area contributed by atoms with E-state index >= 15 is 0 Å². The number of aryl methyl sites for hydroxylation is 1. The Morgan fingerprint density at radius 2 is 1.88 bits per heavy atom. The van der Waals surface area contributed by atoms with E-state index in [0.717, 1.165) is 4.57 Å². The smallest absolute Gasteiger partial charge is 0.322 e. The Morgan fingerprint density at radius 3 is 2.56 bits per heavy atom. The van der Waals surface area contributed by atoms with Gasteiger partial charge in [-0.3, -0.25) is 18.7 Å². The van der Waals surface area contributed by atoms with Gasteiger partial charge in [-0.1, -0.05) is 12.1 Å². The quantitative estimate of drug-likeness (QED) is 0.759. The minimum Gasteiger partial charge on any atom is -0.322 e. The minimum atomic E-state index is -0.838. The average molecular weight is 345 g/mol. The zero-order valence-corrected chi connectivity index (χ0v) is 13.9. The Kier molecular flexibility index (Phi) is 3.99. The molecule has 1 aromatic carbocycles. The van der Waals surface area contributed by atoms with Gasteiger partial charge in [0.25, 0.3) is 5.56 Å². The molecule has 2 heterocycles. The van der Waals surface area contributed by atoms with Crippen LogP contribution in [0, 0.1) is 5.82 Å². The summed E-state index contributed by atoms with van der Waals surface area (Å²) in [4.78, 5) is 40.9. The summed E-state index contributed by atoms with van der Waals surface area (Å²) in [5, 5.41) is 2.48. The number of amides is 1. The minimum absolute atomic E-state index is 0.0454. The van der Waals surface area contributed by atoms with Gasteiger partial charge in [0.15, 0.2) is 11.2 Å². The second-order valence-electron chi connectivity index (χ2n) is 5.67. The van der Waals surface area contributed by atoms with Crippen molar-refractivity contribution in [1.82, 2.24) is 18.7 Å². The van der Waals surface area contributed by atoms with Crippen LogP contribution in [0.25, 0.3) is 11.2 Å². The number of hydrogen-bond donors (Lipinski definition) is 1. The monoisotopic (exact) mass is 345 g/mol. The molecule has 1 atom stereocenters. The maximum absolute atomic E-state index is 13.7. The molecule has 2 aromatic heterocycles. The Labute approximate surface area is 141 Å². The molecule has 0 fully saturated rings. The van der Waals surface area contributed by atoms with Crippen LogP contribution in [0.2, 0.25) is 0 Å². The van der Waals surface area contributed by atoms with E-state index in [1.807, 2.05) is 0 Å². The molecular weight excluding hydrogens is 329 g/mol. The van der Waals surface area contributed by atoms with Gasteiger partial charge >= 0.3 is 5.69 Å². The first kappa shape index (κ1) is 16.6. The number of halogens is 1. The van der Waals surface area contributed by atoms with E-state index in [2.05, 4.69) is 10.3 Å². The lowest BCUT2D eigenvalue weighted by atomic mass is 10.2. The predicted molar refractivity (Wildman–Crippen MR) is 90.0 cm³/mol. The summed E-state index contributed by atoms with van der Waals surface area (Å²) in [6, 6.07) is 4.95. The van der Waals surface area contributed by atoms with Gasteiger partial charge in [0, 0.05) is 14.1 Å². The molecule has 1 amide bonds. The van der Waals surface area contributed by atoms with Gasteiger partial charge in [0.05, 0.1) is 12.0 Å². The first-order valence-electron chi connectivity index (χ1n) is 7.51. The van der Waals surface area contributed by atoms with Gasteiger partial charge in [-0.05, 0) is 19.1 Å². The van der Waals surface area contributed by atoms with E-state index in [1.54, 1.807) is 13.0 Å². The van der Waals surface area contributed by atoms with E-state index in [-0.39, 0.29) is 16.9 Å². The highest BCUT2D eigenvalue weighted by Crippen LogP contribution is 2.17. The van der Waals surface area contributed by atoms with E-state index in [0.29, 0.717) is 0 Å². The molecule has 130 valence electrons. The van der Waals surface area contributed by atoms with Crippen molar-refractivity contribution in [1.29, 1.82) is 0 Å². The summed E-state index contributed by atoms with van der Waals surface area (Å²) in [6.45, 7) is 1.56. The summed E-state index contributed by atoms with van der Waals surface area (Å²) < 4.78 is 17.2. The molecule has 0 bridgehead atoms. The van der Waals surface area contributed by atoms with Gasteiger partial charge in [-0.25, -0.2) is 14.2 Å². The lowest BCUT2D eigenvalue weighted by molar-refractivity contribution is -0.118. The van der Waals surface area contributed by atoms with Gasteiger partial charge in [0.1, 0.15) is 11.9 Å². The van der Waals surface area contributed by atoms with Gasteiger partial charge in [-0.2, -0.15) is 0 Å². The molecule has 3 aromatic rings. The third kappa shape index (κ3) is 2.63. The first-order valence-corrected chi connectivity index (χ1v) is 7.51. The number of imidazole rings is 1. The van der Waals surface area contributed by atoms with Crippen molar-refractivity contribution < 1.29 is 9.18 Å². The molecule has 1 N–H and O–H groups in total. The molecule has 0 saturated carbocycles. The number of carbonyl (C=O) groups excluding carboxylic acids is 1. The Balaban J connectivity index is 2.05. The summed E-state index contributed by atoms with van der Waals surface area (Å²) in [6.07, 6.45) is 1.32. The van der Waals surface area contributed by atoms with Gasteiger partial charge in [0.2, 0.25) is 5.91 Å². The largest absolute Gasteiger partial charge is 0.332 e. The number of anilines is 1. The summed E-state index contributed by atoms with van der Waals surface area (Å²) in [5.41, 5.74) is -0.712. The fraction of sp³-hybridized carbons (Fsp3) is 0.250. The number of aromatic nitrogens is 4. The van der Waals surface area contributed by atoms with Crippen LogP contribution in [0.4, 0.5) is 10.1 Å². The lowest BCUT2D eigenvalue weighted by Gasteiger charge is -2.15. The average Bonchev–Trinajstić information content (AvgIpc) is 3.04. The third-order valence-electron chi connectivity index (χ3n) is 4.10. The number of carbonyl (C=O) groups is 1. The SMILES string of the molecule is C[C@H](C(=O)Nc1ccccc1F)n1cnc2c1c(=O)n(C)c(=O)n2C. The molecule has 0 aliphatic rings. The topological polar surface area (TPSA) is 90.9 Å². The second-order valence-corrected chi connectivity index (χ2v) is 5.67. The summed E-state index contributed by atoms with van der Waals surface area (Å²) in [5.74, 6) is -1.07. The molecule has 25 heavy (non-hydrogen) atoms. The molecule has 0 saturated heterocycles. The first-order chi connectivity index (χ1) is 11.8. The molecule has 0 aliphatic heterocycles. The number of hydrogen-bond acceptors (Lipinski definition) is 4. The highest BCUT2D eigenvalue weighted by Gasteiger charge is 2.22. The van der Waals surface area contributed by atoms with Crippen molar-refractivity contribution in [3.05, 3.63) is 57.2 Å². The fourth-order valence-electron chi connectivity index (χ4n) is 2.58. The maximum atomic E-state index is 13.7. The number of benzene rings is 1. The van der Waals surface area contributed by atoms with Crippen LogP contribution in [0.15, 0.2) is 40.2 Å². The molecule has 8 nitrogen and oxygen atoms in total. The van der Waals surface area contributed by atoms with E-state index in [9.17, 15) is 18.8 Å². The van der Waals surface area contributed by atoms with Crippen molar-refractivity contribution in [3.63, 3.8) is 0 Å². The van der Waals surface area contributed by atoms with Crippen LogP contribution in [-0.2, 0) is 18.9 Å². The van der Waals surface area contributed by atoms with Crippen LogP contribution in [0.1, 0.15) is 13.0 Å². The lowest BCUT2D eigenvalue weighted by Crippen LogP contribution is -2.38. The highest BCUT2D eigenvalue weighted by atomic mass is 19.1. The van der Waals surface area contributed by atoms with E-state index in [1.165, 1.54) is 47.8 Å². The van der Waals surface area contributed by atoms with Crippen LogP contribution < -0.4 is 16.6 Å². The van der Waals surface area contributed by atoms with Crippen LogP contribution in [-0.4, -0.2) is 24.6 Å². The van der Waals surface area contributed by atoms with Gasteiger partial charge in [-0.15, -0.1) is 0 Å². The van der Waals surface area contributed by atoms with Gasteiger partial charge < -0.3 is 9.88 Å². The molecule has 0 aliphatic carbocycles. The van der Waals surface area contributed by atoms with Crippen molar-refractivity contribution in [2.24, 2.45) is 14.1 Å². The summed E-state index contributed by atoms with van der Waals surface area (Å²) in [7, 11) is 2.84. The Morgan fingerprint density at radius 1 is 1.20 bits per heavy atom. The van der Waals surface area contributed by atoms with Crippen LogP contribution in [0.3, 0.4) is 0 Å². The second kappa shape index (κ2) is 6.00. The fourth-order valence-corrected chi connectivity index (χ4v) is 2.58. The third-order valence-corrected chi connectivity index (χ3v) is 4.10. The number of fused-ring (bicyclic) bond motifs is 1. The zero-order valence-electron chi connectivity index (χ0n) is 13.9. The molecular formula is C16H16FN5O3. The van der Waals surface area contributed by atoms with Crippen molar-refractivity contribution in [2.45, 2.75) is 13.0 Å². The van der Waals surface area contributed by atoms with E-state index in [4.69, 9.17) is 0 Å².